The number of carbonyl (C=O) groups is 2. The van der Waals surface area contributed by atoms with Gasteiger partial charge in [0.2, 0.25) is 5.91 Å². The van der Waals surface area contributed by atoms with Gasteiger partial charge < -0.3 is 21.1 Å². The third kappa shape index (κ3) is 4.69. The maximum atomic E-state index is 12.5. The normalized spacial score (nSPS) is 10.5. The first-order valence-electron chi connectivity index (χ1n) is 8.99. The van der Waals surface area contributed by atoms with Gasteiger partial charge in [-0.2, -0.15) is 0 Å². The van der Waals surface area contributed by atoms with E-state index in [0.717, 1.165) is 15.8 Å². The molecule has 4 N–H and O–H groups in total. The quantitative estimate of drug-likeness (QED) is 0.554. The second-order valence-electron chi connectivity index (χ2n) is 6.63. The highest BCUT2D eigenvalue weighted by atomic mass is 35.5. The SMILES string of the molecule is COc1ccc(NC(=O)Cn2nnc(C(=O)Nc3ccc(C)c(C)c3)c2N)cc1Cl. The lowest BCUT2D eigenvalue weighted by Crippen LogP contribution is -2.21. The molecule has 0 unspecified atom stereocenters. The highest BCUT2D eigenvalue weighted by Crippen LogP contribution is 2.27. The van der Waals surface area contributed by atoms with Gasteiger partial charge in [0.05, 0.1) is 12.1 Å². The molecule has 3 rings (SSSR count). The van der Waals surface area contributed by atoms with Crippen LogP contribution in [0.3, 0.4) is 0 Å². The molecule has 3 aromatic rings. The Morgan fingerprint density at radius 3 is 2.47 bits per heavy atom. The molecule has 0 saturated carbocycles. The smallest absolute Gasteiger partial charge is 0.280 e. The van der Waals surface area contributed by atoms with Gasteiger partial charge in [0.15, 0.2) is 11.5 Å². The molecule has 0 spiro atoms. The van der Waals surface area contributed by atoms with E-state index in [1.807, 2.05) is 26.0 Å². The summed E-state index contributed by atoms with van der Waals surface area (Å²) in [5.41, 5.74) is 9.17. The predicted octanol–water partition coefficient (Wildman–Crippen LogP) is 3.03. The van der Waals surface area contributed by atoms with Crippen LogP contribution in [0.5, 0.6) is 5.75 Å². The average molecular weight is 429 g/mol. The number of aryl methyl sites for hydroxylation is 2. The summed E-state index contributed by atoms with van der Waals surface area (Å²) >= 11 is 6.05. The van der Waals surface area contributed by atoms with E-state index in [1.54, 1.807) is 24.3 Å². The van der Waals surface area contributed by atoms with Gasteiger partial charge in [0.25, 0.3) is 5.91 Å². The Labute approximate surface area is 178 Å². The van der Waals surface area contributed by atoms with Gasteiger partial charge in [-0.15, -0.1) is 5.10 Å². The summed E-state index contributed by atoms with van der Waals surface area (Å²) in [5, 5.41) is 13.4. The largest absolute Gasteiger partial charge is 0.495 e. The van der Waals surface area contributed by atoms with Crippen LogP contribution in [0.1, 0.15) is 21.6 Å². The number of nitrogens with two attached hydrogens (primary N) is 1. The van der Waals surface area contributed by atoms with Crippen LogP contribution in [0, 0.1) is 13.8 Å². The van der Waals surface area contributed by atoms with Gasteiger partial charge in [-0.3, -0.25) is 9.59 Å². The Hall–Kier alpha value is -3.59. The molecule has 30 heavy (non-hydrogen) atoms. The van der Waals surface area contributed by atoms with Gasteiger partial charge in [-0.1, -0.05) is 22.9 Å². The summed E-state index contributed by atoms with van der Waals surface area (Å²) in [6.45, 7) is 3.71. The van der Waals surface area contributed by atoms with Crippen molar-refractivity contribution in [1.29, 1.82) is 0 Å². The summed E-state index contributed by atoms with van der Waals surface area (Å²) in [4.78, 5) is 24.8. The molecule has 0 bridgehead atoms. The van der Waals surface area contributed by atoms with Crippen LogP contribution in [0.15, 0.2) is 36.4 Å². The van der Waals surface area contributed by atoms with E-state index < -0.39 is 11.8 Å². The topological polar surface area (TPSA) is 124 Å². The number of ether oxygens (including phenoxy) is 1. The third-order valence-electron chi connectivity index (χ3n) is 4.48. The van der Waals surface area contributed by atoms with Crippen LogP contribution in [0.2, 0.25) is 5.02 Å². The number of hydrogen-bond donors (Lipinski definition) is 3. The minimum atomic E-state index is -0.510. The van der Waals surface area contributed by atoms with Gasteiger partial charge in [-0.25, -0.2) is 4.68 Å². The minimum Gasteiger partial charge on any atom is -0.495 e. The number of hydrogen-bond acceptors (Lipinski definition) is 6. The van der Waals surface area contributed by atoms with Crippen LogP contribution >= 0.6 is 11.6 Å². The van der Waals surface area contributed by atoms with Crippen LogP contribution in [-0.2, 0) is 11.3 Å². The Morgan fingerprint density at radius 1 is 1.10 bits per heavy atom. The maximum Gasteiger partial charge on any atom is 0.280 e. The number of amides is 2. The fourth-order valence-electron chi connectivity index (χ4n) is 2.69. The molecule has 9 nitrogen and oxygen atoms in total. The van der Waals surface area contributed by atoms with Crippen molar-refractivity contribution in [2.24, 2.45) is 0 Å². The Balaban J connectivity index is 1.67. The summed E-state index contributed by atoms with van der Waals surface area (Å²) in [6, 6.07) is 10.4. The van der Waals surface area contributed by atoms with E-state index in [1.165, 1.54) is 7.11 Å². The van der Waals surface area contributed by atoms with Crippen molar-refractivity contribution in [3.63, 3.8) is 0 Å². The zero-order valence-electron chi connectivity index (χ0n) is 16.7. The molecule has 2 aromatic carbocycles. The van der Waals surface area contributed by atoms with Crippen LogP contribution in [0.25, 0.3) is 0 Å². The molecule has 1 heterocycles. The molecule has 0 fully saturated rings. The van der Waals surface area contributed by atoms with Crippen molar-refractivity contribution >= 4 is 40.6 Å². The molecular formula is C20H21ClN6O3. The van der Waals surface area contributed by atoms with Gasteiger partial charge in [0, 0.05) is 11.4 Å². The number of aromatic nitrogens is 3. The summed E-state index contributed by atoms with van der Waals surface area (Å²) < 4.78 is 6.22. The van der Waals surface area contributed by atoms with Crippen molar-refractivity contribution in [3.05, 3.63) is 58.2 Å². The maximum absolute atomic E-state index is 12.5. The molecule has 0 atom stereocenters. The number of halogens is 1. The van der Waals surface area contributed by atoms with Gasteiger partial charge in [0.1, 0.15) is 12.3 Å². The zero-order chi connectivity index (χ0) is 21.8. The van der Waals surface area contributed by atoms with E-state index >= 15 is 0 Å². The number of anilines is 3. The number of nitrogens with zero attached hydrogens (tertiary/aromatic N) is 3. The lowest BCUT2D eigenvalue weighted by Gasteiger charge is -2.09. The van der Waals surface area contributed by atoms with Crippen LogP contribution < -0.4 is 21.1 Å². The van der Waals surface area contributed by atoms with Crippen LogP contribution in [-0.4, -0.2) is 33.9 Å². The van der Waals surface area contributed by atoms with E-state index in [4.69, 9.17) is 22.1 Å². The first kappa shape index (κ1) is 21.1. The number of benzene rings is 2. The first-order chi connectivity index (χ1) is 14.3. The van der Waals surface area contributed by atoms with Crippen molar-refractivity contribution < 1.29 is 14.3 Å². The standard InChI is InChI=1S/C20H21ClN6O3/c1-11-4-5-13(8-12(11)2)24-20(29)18-19(22)27(26-25-18)10-17(28)23-14-6-7-16(30-3)15(21)9-14/h4-9H,10,22H2,1-3H3,(H,23,28)(H,24,29). The highest BCUT2D eigenvalue weighted by Gasteiger charge is 2.19. The fourth-order valence-corrected chi connectivity index (χ4v) is 2.95. The monoisotopic (exact) mass is 428 g/mol. The number of rotatable bonds is 6. The minimum absolute atomic E-state index is 0.0146. The Morgan fingerprint density at radius 2 is 1.80 bits per heavy atom. The zero-order valence-corrected chi connectivity index (χ0v) is 17.4. The number of carbonyl (C=O) groups excluding carboxylic acids is 2. The lowest BCUT2D eigenvalue weighted by molar-refractivity contribution is -0.116. The Kier molecular flexibility index (Phi) is 6.22. The molecule has 0 saturated heterocycles. The highest BCUT2D eigenvalue weighted by molar-refractivity contribution is 6.32. The van der Waals surface area contributed by atoms with Crippen molar-refractivity contribution in [1.82, 2.24) is 15.0 Å². The van der Waals surface area contributed by atoms with Crippen molar-refractivity contribution in [2.45, 2.75) is 20.4 Å². The van der Waals surface area contributed by atoms with Crippen LogP contribution in [0.4, 0.5) is 17.2 Å². The molecule has 0 radical (unpaired) electrons. The molecule has 2 amide bonds. The molecule has 0 aliphatic heterocycles. The van der Waals surface area contributed by atoms with Gasteiger partial charge in [-0.05, 0) is 55.3 Å². The van der Waals surface area contributed by atoms with E-state index in [2.05, 4.69) is 20.9 Å². The summed E-state index contributed by atoms with van der Waals surface area (Å²) in [7, 11) is 1.50. The summed E-state index contributed by atoms with van der Waals surface area (Å²) in [5.74, 6) is -0.438. The Bertz CT molecular complexity index is 1110. The number of nitrogens with one attached hydrogen (secondary N) is 2. The van der Waals surface area contributed by atoms with Crippen molar-refractivity contribution in [2.75, 3.05) is 23.5 Å². The number of methoxy groups -OCH3 is 1. The summed E-state index contributed by atoms with van der Waals surface area (Å²) in [6.07, 6.45) is 0. The molecule has 0 aliphatic carbocycles. The average Bonchev–Trinajstić information content (AvgIpc) is 3.05. The van der Waals surface area contributed by atoms with E-state index in [-0.39, 0.29) is 18.1 Å². The second kappa shape index (κ2) is 8.83. The van der Waals surface area contributed by atoms with Gasteiger partial charge >= 0.3 is 0 Å². The third-order valence-corrected chi connectivity index (χ3v) is 4.78. The molecular weight excluding hydrogens is 408 g/mol. The first-order valence-corrected chi connectivity index (χ1v) is 9.37. The molecule has 10 heteroatoms. The molecule has 0 aliphatic rings. The lowest BCUT2D eigenvalue weighted by atomic mass is 10.1. The van der Waals surface area contributed by atoms with Crippen molar-refractivity contribution in [3.8, 4) is 5.75 Å². The predicted molar refractivity (Wildman–Crippen MR) is 115 cm³/mol. The fraction of sp³-hybridized carbons (Fsp3) is 0.200. The molecule has 156 valence electrons. The molecule has 1 aromatic heterocycles. The van der Waals surface area contributed by atoms with E-state index in [0.29, 0.717) is 22.1 Å². The second-order valence-corrected chi connectivity index (χ2v) is 7.04. The number of nitrogen functional groups attached to an aromatic ring is 1. The van der Waals surface area contributed by atoms with E-state index in [9.17, 15) is 9.59 Å².